The number of benzene rings is 1. The highest BCUT2D eigenvalue weighted by atomic mass is 19.4. The number of aryl methyl sites for hydroxylation is 1. The fourth-order valence-electron chi connectivity index (χ4n) is 2.45. The molecule has 0 amide bonds. The van der Waals surface area contributed by atoms with Gasteiger partial charge in [-0.2, -0.15) is 18.3 Å². The second-order valence-electron chi connectivity index (χ2n) is 5.78. The molecule has 0 aliphatic heterocycles. The van der Waals surface area contributed by atoms with Crippen LogP contribution in [-0.2, 0) is 26.2 Å². The van der Waals surface area contributed by atoms with Gasteiger partial charge in [-0.25, -0.2) is 13.8 Å². The van der Waals surface area contributed by atoms with E-state index in [0.29, 0.717) is 6.54 Å². The van der Waals surface area contributed by atoms with Crippen LogP contribution in [0.3, 0.4) is 0 Å². The maximum absolute atomic E-state index is 13.6. The average molecular weight is 389 g/mol. The zero-order chi connectivity index (χ0) is 20.0. The van der Waals surface area contributed by atoms with Crippen molar-refractivity contribution in [1.29, 1.82) is 0 Å². The minimum absolute atomic E-state index is 0.0571. The van der Waals surface area contributed by atoms with Gasteiger partial charge in [0.2, 0.25) is 0 Å². The summed E-state index contributed by atoms with van der Waals surface area (Å²) in [4.78, 5) is 4.12. The van der Waals surface area contributed by atoms with Gasteiger partial charge < -0.3 is 10.6 Å². The van der Waals surface area contributed by atoms with Crippen molar-refractivity contribution in [3.8, 4) is 0 Å². The SMILES string of the molecule is CCNC(=NCc1cn(C)nc1C(F)(F)F)NCCc1cc(F)ccc1F. The highest BCUT2D eigenvalue weighted by molar-refractivity contribution is 5.79. The van der Waals surface area contributed by atoms with Gasteiger partial charge in [0.15, 0.2) is 11.7 Å². The predicted octanol–water partition coefficient (Wildman–Crippen LogP) is 3.01. The lowest BCUT2D eigenvalue weighted by atomic mass is 10.1. The molecule has 5 nitrogen and oxygen atoms in total. The van der Waals surface area contributed by atoms with Crippen molar-refractivity contribution < 1.29 is 22.0 Å². The Bertz CT molecular complexity index is 797. The van der Waals surface area contributed by atoms with E-state index in [4.69, 9.17) is 0 Å². The van der Waals surface area contributed by atoms with Crippen LogP contribution in [0.15, 0.2) is 29.4 Å². The number of nitrogens with zero attached hydrogens (tertiary/aromatic N) is 3. The second kappa shape index (κ2) is 8.83. The molecule has 0 bridgehead atoms. The molecule has 1 aromatic heterocycles. The number of halogens is 5. The molecule has 0 saturated heterocycles. The van der Waals surface area contributed by atoms with Crippen molar-refractivity contribution in [1.82, 2.24) is 20.4 Å². The number of rotatable bonds is 6. The van der Waals surface area contributed by atoms with Crippen molar-refractivity contribution >= 4 is 5.96 Å². The van der Waals surface area contributed by atoms with Gasteiger partial charge in [-0.05, 0) is 37.1 Å². The molecular weight excluding hydrogens is 369 g/mol. The molecule has 0 radical (unpaired) electrons. The van der Waals surface area contributed by atoms with Crippen LogP contribution >= 0.6 is 0 Å². The summed E-state index contributed by atoms with van der Waals surface area (Å²) in [5.74, 6) is -0.792. The number of alkyl halides is 3. The molecular formula is C17H20F5N5. The molecule has 2 N–H and O–H groups in total. The standard InChI is InChI=1S/C17H20F5N5/c1-3-23-16(24-7-6-11-8-13(18)4-5-14(11)19)25-9-12-10-27(2)26-15(12)17(20,21)22/h4-5,8,10H,3,6-7,9H2,1-2H3,(H2,23,24,25). The summed E-state index contributed by atoms with van der Waals surface area (Å²) in [6.45, 7) is 2.28. The Labute approximate surface area is 153 Å². The molecule has 27 heavy (non-hydrogen) atoms. The first-order valence-electron chi connectivity index (χ1n) is 8.26. The molecule has 148 valence electrons. The summed E-state index contributed by atoms with van der Waals surface area (Å²) >= 11 is 0. The maximum Gasteiger partial charge on any atom is 0.435 e. The Hall–Kier alpha value is -2.65. The molecule has 10 heteroatoms. The number of hydrogen-bond acceptors (Lipinski definition) is 2. The van der Waals surface area contributed by atoms with Gasteiger partial charge in [0.1, 0.15) is 11.6 Å². The zero-order valence-corrected chi connectivity index (χ0v) is 14.9. The van der Waals surface area contributed by atoms with E-state index in [1.807, 2.05) is 0 Å². The highest BCUT2D eigenvalue weighted by Gasteiger charge is 2.36. The number of nitrogens with one attached hydrogen (secondary N) is 2. The van der Waals surface area contributed by atoms with E-state index < -0.39 is 23.5 Å². The molecule has 0 spiro atoms. The van der Waals surface area contributed by atoms with Crippen LogP contribution in [0, 0.1) is 11.6 Å². The molecule has 2 aromatic rings. The number of aromatic nitrogens is 2. The quantitative estimate of drug-likeness (QED) is 0.454. The van der Waals surface area contributed by atoms with Gasteiger partial charge in [-0.1, -0.05) is 0 Å². The van der Waals surface area contributed by atoms with E-state index in [1.165, 1.54) is 13.2 Å². The lowest BCUT2D eigenvalue weighted by Crippen LogP contribution is -2.38. The van der Waals surface area contributed by atoms with Gasteiger partial charge in [-0.3, -0.25) is 4.68 Å². The van der Waals surface area contributed by atoms with E-state index in [-0.39, 0.29) is 36.6 Å². The molecule has 0 saturated carbocycles. The summed E-state index contributed by atoms with van der Waals surface area (Å²) in [7, 11) is 1.40. The monoisotopic (exact) mass is 389 g/mol. The first-order valence-corrected chi connectivity index (χ1v) is 8.26. The van der Waals surface area contributed by atoms with Crippen molar-refractivity contribution in [3.05, 3.63) is 52.9 Å². The summed E-state index contributed by atoms with van der Waals surface area (Å²) in [6.07, 6.45) is -3.11. The van der Waals surface area contributed by atoms with E-state index in [9.17, 15) is 22.0 Å². The minimum atomic E-state index is -4.56. The predicted molar refractivity (Wildman–Crippen MR) is 91.1 cm³/mol. The summed E-state index contributed by atoms with van der Waals surface area (Å²) in [5, 5.41) is 9.22. The minimum Gasteiger partial charge on any atom is -0.357 e. The molecule has 2 rings (SSSR count). The Morgan fingerprint density at radius 2 is 1.93 bits per heavy atom. The first kappa shape index (κ1) is 20.7. The van der Waals surface area contributed by atoms with Gasteiger partial charge in [0, 0.05) is 31.9 Å². The molecule has 0 aliphatic carbocycles. The van der Waals surface area contributed by atoms with Crippen LogP contribution in [0.4, 0.5) is 22.0 Å². The third kappa shape index (κ3) is 5.93. The van der Waals surface area contributed by atoms with E-state index in [2.05, 4.69) is 20.7 Å². The van der Waals surface area contributed by atoms with Gasteiger partial charge in [0.25, 0.3) is 0 Å². The Morgan fingerprint density at radius 3 is 2.59 bits per heavy atom. The normalized spacial score (nSPS) is 12.3. The number of guanidine groups is 1. The van der Waals surface area contributed by atoms with Crippen LogP contribution in [0.2, 0.25) is 0 Å². The third-order valence-electron chi connectivity index (χ3n) is 3.62. The van der Waals surface area contributed by atoms with Gasteiger partial charge in [0.05, 0.1) is 6.54 Å². The first-order chi connectivity index (χ1) is 12.7. The van der Waals surface area contributed by atoms with Crippen LogP contribution in [0.25, 0.3) is 0 Å². The van der Waals surface area contributed by atoms with Crippen LogP contribution < -0.4 is 10.6 Å². The Kier molecular flexibility index (Phi) is 6.75. The van der Waals surface area contributed by atoms with Crippen molar-refractivity contribution in [3.63, 3.8) is 0 Å². The molecule has 1 aromatic carbocycles. The van der Waals surface area contributed by atoms with E-state index in [0.717, 1.165) is 22.9 Å². The summed E-state index contributed by atoms with van der Waals surface area (Å²) < 4.78 is 66.8. The lowest BCUT2D eigenvalue weighted by Gasteiger charge is -2.12. The maximum atomic E-state index is 13.6. The Balaban J connectivity index is 2.03. The summed E-state index contributed by atoms with van der Waals surface area (Å²) in [6, 6.07) is 3.18. The molecule has 0 fully saturated rings. The zero-order valence-electron chi connectivity index (χ0n) is 14.9. The highest BCUT2D eigenvalue weighted by Crippen LogP contribution is 2.30. The lowest BCUT2D eigenvalue weighted by molar-refractivity contribution is -0.142. The molecule has 0 atom stereocenters. The molecule has 1 heterocycles. The average Bonchev–Trinajstić information content (AvgIpc) is 2.97. The second-order valence-corrected chi connectivity index (χ2v) is 5.78. The number of aliphatic imine (C=N–C) groups is 1. The third-order valence-corrected chi connectivity index (χ3v) is 3.62. The fourth-order valence-corrected chi connectivity index (χ4v) is 2.45. The topological polar surface area (TPSA) is 54.2 Å². The van der Waals surface area contributed by atoms with Crippen LogP contribution in [0.1, 0.15) is 23.7 Å². The van der Waals surface area contributed by atoms with E-state index >= 15 is 0 Å². The fraction of sp³-hybridized carbons (Fsp3) is 0.412. The smallest absolute Gasteiger partial charge is 0.357 e. The van der Waals surface area contributed by atoms with Crippen LogP contribution in [-0.4, -0.2) is 28.8 Å². The van der Waals surface area contributed by atoms with Crippen molar-refractivity contribution in [2.24, 2.45) is 12.0 Å². The van der Waals surface area contributed by atoms with Gasteiger partial charge in [-0.15, -0.1) is 0 Å². The van der Waals surface area contributed by atoms with Gasteiger partial charge >= 0.3 is 6.18 Å². The van der Waals surface area contributed by atoms with Crippen molar-refractivity contribution in [2.45, 2.75) is 26.1 Å². The largest absolute Gasteiger partial charge is 0.435 e. The van der Waals surface area contributed by atoms with E-state index in [1.54, 1.807) is 6.92 Å². The summed E-state index contributed by atoms with van der Waals surface area (Å²) in [5.41, 5.74) is -0.838. The molecule has 0 unspecified atom stereocenters. The molecule has 0 aliphatic rings. The Morgan fingerprint density at radius 1 is 1.19 bits per heavy atom. The van der Waals surface area contributed by atoms with Crippen LogP contribution in [0.5, 0.6) is 0 Å². The van der Waals surface area contributed by atoms with Crippen molar-refractivity contribution in [2.75, 3.05) is 13.1 Å². The number of hydrogen-bond donors (Lipinski definition) is 2.